The van der Waals surface area contributed by atoms with E-state index in [0.29, 0.717) is 36.7 Å². The van der Waals surface area contributed by atoms with E-state index in [1.165, 1.54) is 12.1 Å². The van der Waals surface area contributed by atoms with Gasteiger partial charge in [-0.25, -0.2) is 4.39 Å². The van der Waals surface area contributed by atoms with Crippen LogP contribution in [-0.2, 0) is 29.1 Å². The van der Waals surface area contributed by atoms with E-state index in [1.54, 1.807) is 33.3 Å². The summed E-state index contributed by atoms with van der Waals surface area (Å²) in [4.78, 5) is 31.1. The van der Waals surface area contributed by atoms with E-state index >= 15 is 0 Å². The number of carbonyl (C=O) groups excluding carboxylic acids is 2. The predicted octanol–water partition coefficient (Wildman–Crippen LogP) is 4.87. The summed E-state index contributed by atoms with van der Waals surface area (Å²) in [5.74, 6) is 0.922. The smallest absolute Gasteiger partial charge is 0.242 e. The van der Waals surface area contributed by atoms with Crippen molar-refractivity contribution in [3.8, 4) is 11.5 Å². The standard InChI is InChI=1S/C27H29FN2O4S/c1-19(2)14-29(26(31)13-20-5-8-22(28)9-6-20)17-27(32)30(16-23-4-3-11-35-23)15-21-7-10-24-25(12-21)34-18-33-24/h3-12,19H,13-18H2,1-2H3. The molecule has 4 rings (SSSR count). The van der Waals surface area contributed by atoms with Gasteiger partial charge in [0.1, 0.15) is 5.82 Å². The topological polar surface area (TPSA) is 59.1 Å². The van der Waals surface area contributed by atoms with Crippen LogP contribution in [0.2, 0.25) is 0 Å². The normalized spacial score (nSPS) is 12.1. The summed E-state index contributed by atoms with van der Waals surface area (Å²) in [6.07, 6.45) is 0.118. The van der Waals surface area contributed by atoms with Crippen LogP contribution in [0.4, 0.5) is 4.39 Å². The highest BCUT2D eigenvalue weighted by Gasteiger charge is 2.24. The van der Waals surface area contributed by atoms with E-state index in [1.807, 2.05) is 49.6 Å². The molecule has 0 fully saturated rings. The van der Waals surface area contributed by atoms with Gasteiger partial charge in [0.15, 0.2) is 11.5 Å². The minimum absolute atomic E-state index is 0.0197. The van der Waals surface area contributed by atoms with Gasteiger partial charge >= 0.3 is 0 Å². The van der Waals surface area contributed by atoms with Crippen LogP contribution < -0.4 is 9.47 Å². The lowest BCUT2D eigenvalue weighted by molar-refractivity contribution is -0.141. The van der Waals surface area contributed by atoms with E-state index in [2.05, 4.69) is 0 Å². The molecule has 1 aromatic heterocycles. The lowest BCUT2D eigenvalue weighted by atomic mass is 10.1. The van der Waals surface area contributed by atoms with Crippen LogP contribution in [0.1, 0.15) is 29.9 Å². The van der Waals surface area contributed by atoms with Crippen molar-refractivity contribution in [3.63, 3.8) is 0 Å². The average molecular weight is 497 g/mol. The Hall–Kier alpha value is -3.39. The van der Waals surface area contributed by atoms with Crippen molar-refractivity contribution in [1.29, 1.82) is 0 Å². The van der Waals surface area contributed by atoms with Crippen molar-refractivity contribution in [3.05, 3.63) is 81.8 Å². The highest BCUT2D eigenvalue weighted by atomic mass is 32.1. The summed E-state index contributed by atoms with van der Waals surface area (Å²) in [6.45, 7) is 5.49. The molecule has 0 N–H and O–H groups in total. The van der Waals surface area contributed by atoms with Gasteiger partial charge in [0.2, 0.25) is 18.6 Å². The zero-order valence-corrected chi connectivity index (χ0v) is 20.7. The summed E-state index contributed by atoms with van der Waals surface area (Å²) in [7, 11) is 0. The number of ether oxygens (including phenoxy) is 2. The molecule has 0 unspecified atom stereocenters. The van der Waals surface area contributed by atoms with E-state index < -0.39 is 0 Å². The van der Waals surface area contributed by atoms with Crippen LogP contribution >= 0.6 is 11.3 Å². The van der Waals surface area contributed by atoms with Gasteiger partial charge in [-0.3, -0.25) is 9.59 Å². The maximum absolute atomic E-state index is 13.5. The molecule has 6 nitrogen and oxygen atoms in total. The number of amides is 2. The number of thiophene rings is 1. The molecule has 0 saturated heterocycles. The van der Waals surface area contributed by atoms with Crippen molar-refractivity contribution in [2.45, 2.75) is 33.4 Å². The number of halogens is 1. The summed E-state index contributed by atoms with van der Waals surface area (Å²) < 4.78 is 24.2. The Morgan fingerprint density at radius 1 is 0.943 bits per heavy atom. The minimum atomic E-state index is -0.344. The van der Waals surface area contributed by atoms with Crippen LogP contribution in [0, 0.1) is 11.7 Å². The van der Waals surface area contributed by atoms with Gasteiger partial charge in [0.25, 0.3) is 0 Å². The molecule has 0 atom stereocenters. The highest BCUT2D eigenvalue weighted by Crippen LogP contribution is 2.33. The quantitative estimate of drug-likeness (QED) is 0.402. The first-order chi connectivity index (χ1) is 16.9. The van der Waals surface area contributed by atoms with Gasteiger partial charge in [-0.15, -0.1) is 11.3 Å². The molecule has 1 aliphatic heterocycles. The molecule has 0 saturated carbocycles. The van der Waals surface area contributed by atoms with Gasteiger partial charge in [-0.05, 0) is 52.8 Å². The molecule has 3 aromatic rings. The molecule has 0 spiro atoms. The molecule has 2 heterocycles. The first kappa shape index (κ1) is 24.7. The fourth-order valence-corrected chi connectivity index (χ4v) is 4.65. The fourth-order valence-electron chi connectivity index (χ4n) is 3.93. The maximum atomic E-state index is 13.5. The minimum Gasteiger partial charge on any atom is -0.454 e. The van der Waals surface area contributed by atoms with Crippen LogP contribution in [0.25, 0.3) is 0 Å². The number of nitrogens with zero attached hydrogens (tertiary/aromatic N) is 2. The first-order valence-electron chi connectivity index (χ1n) is 11.6. The number of hydrogen-bond donors (Lipinski definition) is 0. The maximum Gasteiger partial charge on any atom is 0.242 e. The third-order valence-electron chi connectivity index (χ3n) is 5.62. The number of hydrogen-bond acceptors (Lipinski definition) is 5. The third kappa shape index (κ3) is 6.82. The van der Waals surface area contributed by atoms with Gasteiger partial charge in [-0.2, -0.15) is 0 Å². The van der Waals surface area contributed by atoms with Crippen LogP contribution in [0.3, 0.4) is 0 Å². The Bertz CT molecular complexity index is 1150. The highest BCUT2D eigenvalue weighted by molar-refractivity contribution is 7.09. The molecular formula is C27H29FN2O4S. The Morgan fingerprint density at radius 3 is 2.40 bits per heavy atom. The number of rotatable bonds is 10. The van der Waals surface area contributed by atoms with Crippen molar-refractivity contribution in [2.24, 2.45) is 5.92 Å². The van der Waals surface area contributed by atoms with E-state index in [9.17, 15) is 14.0 Å². The first-order valence-corrected chi connectivity index (χ1v) is 12.5. The molecular weight excluding hydrogens is 467 g/mol. The van der Waals surface area contributed by atoms with Crippen LogP contribution in [-0.4, -0.2) is 41.5 Å². The lowest BCUT2D eigenvalue weighted by Gasteiger charge is -2.29. The molecule has 8 heteroatoms. The summed E-state index contributed by atoms with van der Waals surface area (Å²) in [5.41, 5.74) is 1.64. The monoisotopic (exact) mass is 496 g/mol. The molecule has 0 bridgehead atoms. The Labute approximate surface area is 208 Å². The largest absolute Gasteiger partial charge is 0.454 e. The molecule has 2 amide bonds. The number of carbonyl (C=O) groups is 2. The molecule has 1 aliphatic rings. The van der Waals surface area contributed by atoms with Crippen LogP contribution in [0.5, 0.6) is 11.5 Å². The fraction of sp³-hybridized carbons (Fsp3) is 0.333. The molecule has 2 aromatic carbocycles. The average Bonchev–Trinajstić information content (AvgIpc) is 3.51. The van der Waals surface area contributed by atoms with Gasteiger partial charge < -0.3 is 19.3 Å². The Kier molecular flexibility index (Phi) is 8.02. The summed E-state index contributed by atoms with van der Waals surface area (Å²) in [6, 6.07) is 15.5. The Morgan fingerprint density at radius 2 is 1.69 bits per heavy atom. The second-order valence-electron chi connectivity index (χ2n) is 8.99. The third-order valence-corrected chi connectivity index (χ3v) is 6.48. The van der Waals surface area contributed by atoms with E-state index in [-0.39, 0.29) is 43.3 Å². The van der Waals surface area contributed by atoms with Crippen molar-refractivity contribution < 1.29 is 23.5 Å². The van der Waals surface area contributed by atoms with Gasteiger partial charge in [0, 0.05) is 18.0 Å². The molecule has 184 valence electrons. The second kappa shape index (κ2) is 11.4. The second-order valence-corrected chi connectivity index (χ2v) is 10.0. The molecule has 0 radical (unpaired) electrons. The van der Waals surface area contributed by atoms with Crippen molar-refractivity contribution in [2.75, 3.05) is 19.9 Å². The number of fused-ring (bicyclic) bond motifs is 1. The van der Waals surface area contributed by atoms with Gasteiger partial charge in [0.05, 0.1) is 19.5 Å². The molecule has 35 heavy (non-hydrogen) atoms. The SMILES string of the molecule is CC(C)CN(CC(=O)N(Cc1ccc2c(c1)OCO2)Cc1cccs1)C(=O)Cc1ccc(F)cc1. The van der Waals surface area contributed by atoms with Crippen molar-refractivity contribution >= 4 is 23.2 Å². The zero-order valence-electron chi connectivity index (χ0n) is 19.9. The zero-order chi connectivity index (χ0) is 24.8. The molecule has 0 aliphatic carbocycles. The van der Waals surface area contributed by atoms with Crippen LogP contribution in [0.15, 0.2) is 60.0 Å². The van der Waals surface area contributed by atoms with Crippen molar-refractivity contribution in [1.82, 2.24) is 9.80 Å². The summed E-state index contributed by atoms with van der Waals surface area (Å²) >= 11 is 1.59. The summed E-state index contributed by atoms with van der Waals surface area (Å²) in [5, 5.41) is 1.98. The van der Waals surface area contributed by atoms with Gasteiger partial charge in [-0.1, -0.05) is 38.1 Å². The van der Waals surface area contributed by atoms with E-state index in [4.69, 9.17) is 9.47 Å². The lowest BCUT2D eigenvalue weighted by Crippen LogP contribution is -2.44. The number of benzene rings is 2. The Balaban J connectivity index is 1.50. The predicted molar refractivity (Wildman–Crippen MR) is 133 cm³/mol. The van der Waals surface area contributed by atoms with E-state index in [0.717, 1.165) is 10.4 Å².